The predicted octanol–water partition coefficient (Wildman–Crippen LogP) is 4.69. The number of halogens is 1. The van der Waals surface area contributed by atoms with Crippen molar-refractivity contribution < 1.29 is 9.84 Å². The summed E-state index contributed by atoms with van der Waals surface area (Å²) in [5.41, 5.74) is 2.20. The Balaban J connectivity index is 1.78. The lowest BCUT2D eigenvalue weighted by molar-refractivity contribution is 0.00694. The van der Waals surface area contributed by atoms with Crippen molar-refractivity contribution >= 4 is 11.6 Å². The Kier molecular flexibility index (Phi) is 4.47. The molecule has 1 aliphatic carbocycles. The molecule has 0 aromatic heterocycles. The van der Waals surface area contributed by atoms with Gasteiger partial charge < -0.3 is 9.84 Å². The van der Waals surface area contributed by atoms with E-state index < -0.39 is 0 Å². The number of aliphatic hydroxyl groups excluding tert-OH is 1. The van der Waals surface area contributed by atoms with Crippen LogP contribution in [0.1, 0.15) is 25.7 Å². The molecule has 1 aliphatic rings. The van der Waals surface area contributed by atoms with Crippen LogP contribution in [0.2, 0.25) is 5.02 Å². The van der Waals surface area contributed by atoms with Crippen LogP contribution in [0.25, 0.3) is 11.1 Å². The zero-order chi connectivity index (χ0) is 14.7. The van der Waals surface area contributed by atoms with Gasteiger partial charge in [-0.2, -0.15) is 0 Å². The molecule has 1 fully saturated rings. The van der Waals surface area contributed by atoms with Crippen molar-refractivity contribution in [1.29, 1.82) is 0 Å². The summed E-state index contributed by atoms with van der Waals surface area (Å²) in [6.07, 6.45) is 3.34. The molecule has 110 valence electrons. The highest BCUT2D eigenvalue weighted by atomic mass is 35.5. The van der Waals surface area contributed by atoms with E-state index >= 15 is 0 Å². The number of ether oxygens (including phenoxy) is 1. The van der Waals surface area contributed by atoms with Gasteiger partial charge in [-0.3, -0.25) is 0 Å². The molecule has 0 heterocycles. The fourth-order valence-corrected chi connectivity index (χ4v) is 3.01. The monoisotopic (exact) mass is 302 g/mol. The summed E-state index contributed by atoms with van der Waals surface area (Å²) in [4.78, 5) is 0. The fraction of sp³-hybridized carbons (Fsp3) is 0.333. The second kappa shape index (κ2) is 6.50. The molecule has 2 aromatic carbocycles. The van der Waals surface area contributed by atoms with E-state index in [2.05, 4.69) is 12.1 Å². The third-order valence-corrected chi connectivity index (χ3v) is 4.28. The Labute approximate surface area is 130 Å². The van der Waals surface area contributed by atoms with Crippen molar-refractivity contribution in [3.8, 4) is 16.9 Å². The van der Waals surface area contributed by atoms with Gasteiger partial charge in [0.15, 0.2) is 0 Å². The number of hydrogen-bond donors (Lipinski definition) is 1. The Morgan fingerprint density at radius 1 is 0.952 bits per heavy atom. The molecule has 0 aliphatic heterocycles. The molecule has 0 bridgehead atoms. The van der Waals surface area contributed by atoms with E-state index in [9.17, 15) is 5.11 Å². The van der Waals surface area contributed by atoms with Crippen molar-refractivity contribution in [3.05, 3.63) is 53.6 Å². The minimum absolute atomic E-state index is 0.140. The van der Waals surface area contributed by atoms with Gasteiger partial charge in [0.1, 0.15) is 11.9 Å². The molecule has 0 amide bonds. The predicted molar refractivity (Wildman–Crippen MR) is 85.8 cm³/mol. The molecular formula is C18H19ClO2. The first kappa shape index (κ1) is 14.4. The van der Waals surface area contributed by atoms with E-state index in [1.807, 2.05) is 36.4 Å². The van der Waals surface area contributed by atoms with E-state index in [-0.39, 0.29) is 12.2 Å². The molecule has 2 atom stereocenters. The second-order valence-corrected chi connectivity index (χ2v) is 5.93. The van der Waals surface area contributed by atoms with Gasteiger partial charge in [0.05, 0.1) is 11.1 Å². The SMILES string of the molecule is O[C@@H]1CCCC[C@H]1Oc1ccc(-c2ccccc2)cc1Cl. The van der Waals surface area contributed by atoms with Crippen molar-refractivity contribution in [3.63, 3.8) is 0 Å². The molecule has 1 N–H and O–H groups in total. The summed E-state index contributed by atoms with van der Waals surface area (Å²) in [5.74, 6) is 0.655. The lowest BCUT2D eigenvalue weighted by Crippen LogP contribution is -2.34. The fourth-order valence-electron chi connectivity index (χ4n) is 2.78. The topological polar surface area (TPSA) is 29.5 Å². The Bertz CT molecular complexity index is 597. The molecule has 3 rings (SSSR count). The minimum atomic E-state index is -0.386. The standard InChI is InChI=1S/C18H19ClO2/c19-15-12-14(13-6-2-1-3-7-13)10-11-17(15)21-18-9-5-4-8-16(18)20/h1-3,6-7,10-12,16,18,20H,4-5,8-9H2/t16-,18-/m1/s1. The third kappa shape index (κ3) is 3.39. The first-order chi connectivity index (χ1) is 10.2. The normalized spacial score (nSPS) is 22.0. The van der Waals surface area contributed by atoms with Gasteiger partial charge in [-0.1, -0.05) is 54.4 Å². The van der Waals surface area contributed by atoms with Gasteiger partial charge in [-0.25, -0.2) is 0 Å². The van der Waals surface area contributed by atoms with Crippen molar-refractivity contribution in [2.24, 2.45) is 0 Å². The quantitative estimate of drug-likeness (QED) is 0.891. The Hall–Kier alpha value is -1.51. The average Bonchev–Trinajstić information content (AvgIpc) is 2.52. The van der Waals surface area contributed by atoms with E-state index in [1.54, 1.807) is 0 Å². The molecule has 0 spiro atoms. The van der Waals surface area contributed by atoms with Crippen molar-refractivity contribution in [2.45, 2.75) is 37.9 Å². The number of aliphatic hydroxyl groups is 1. The van der Waals surface area contributed by atoms with Crippen LogP contribution in [0.3, 0.4) is 0 Å². The van der Waals surface area contributed by atoms with E-state index in [0.717, 1.165) is 36.8 Å². The highest BCUT2D eigenvalue weighted by Gasteiger charge is 2.25. The van der Waals surface area contributed by atoms with Gasteiger partial charge in [-0.15, -0.1) is 0 Å². The van der Waals surface area contributed by atoms with Crippen LogP contribution in [0, 0.1) is 0 Å². The summed E-state index contributed by atoms with van der Waals surface area (Å²) in [6.45, 7) is 0. The molecule has 1 saturated carbocycles. The smallest absolute Gasteiger partial charge is 0.138 e. The summed E-state index contributed by atoms with van der Waals surface area (Å²) in [7, 11) is 0. The molecule has 21 heavy (non-hydrogen) atoms. The summed E-state index contributed by atoms with van der Waals surface area (Å²) >= 11 is 6.34. The summed E-state index contributed by atoms with van der Waals surface area (Å²) < 4.78 is 5.91. The molecule has 2 nitrogen and oxygen atoms in total. The summed E-state index contributed by atoms with van der Waals surface area (Å²) in [6, 6.07) is 15.9. The average molecular weight is 303 g/mol. The van der Waals surface area contributed by atoms with Gasteiger partial charge in [0, 0.05) is 0 Å². The molecular weight excluding hydrogens is 284 g/mol. The van der Waals surface area contributed by atoms with Crippen molar-refractivity contribution in [2.75, 3.05) is 0 Å². The van der Waals surface area contributed by atoms with Gasteiger partial charge in [0.25, 0.3) is 0 Å². The van der Waals surface area contributed by atoms with Crippen LogP contribution in [0.4, 0.5) is 0 Å². The number of hydrogen-bond acceptors (Lipinski definition) is 2. The maximum Gasteiger partial charge on any atom is 0.138 e. The highest BCUT2D eigenvalue weighted by Crippen LogP contribution is 2.33. The van der Waals surface area contributed by atoms with Crippen LogP contribution < -0.4 is 4.74 Å². The number of rotatable bonds is 3. The second-order valence-electron chi connectivity index (χ2n) is 5.52. The van der Waals surface area contributed by atoms with E-state index in [1.165, 1.54) is 0 Å². The number of benzene rings is 2. The largest absolute Gasteiger partial charge is 0.486 e. The maximum atomic E-state index is 9.99. The van der Waals surface area contributed by atoms with Gasteiger partial charge in [-0.05, 0) is 42.5 Å². The first-order valence-corrected chi connectivity index (χ1v) is 7.81. The van der Waals surface area contributed by atoms with E-state index in [4.69, 9.17) is 16.3 Å². The van der Waals surface area contributed by atoms with Crippen LogP contribution in [-0.2, 0) is 0 Å². The zero-order valence-corrected chi connectivity index (χ0v) is 12.6. The zero-order valence-electron chi connectivity index (χ0n) is 11.8. The maximum absolute atomic E-state index is 9.99. The van der Waals surface area contributed by atoms with Crippen molar-refractivity contribution in [1.82, 2.24) is 0 Å². The van der Waals surface area contributed by atoms with Crippen LogP contribution in [0.15, 0.2) is 48.5 Å². The summed E-state index contributed by atoms with van der Waals surface area (Å²) in [5, 5.41) is 10.6. The minimum Gasteiger partial charge on any atom is -0.486 e. The third-order valence-electron chi connectivity index (χ3n) is 3.99. The van der Waals surface area contributed by atoms with Gasteiger partial charge >= 0.3 is 0 Å². The van der Waals surface area contributed by atoms with E-state index in [0.29, 0.717) is 10.8 Å². The molecule has 0 unspecified atom stereocenters. The molecule has 2 aromatic rings. The van der Waals surface area contributed by atoms with Gasteiger partial charge in [0.2, 0.25) is 0 Å². The lowest BCUT2D eigenvalue weighted by atomic mass is 9.95. The van der Waals surface area contributed by atoms with Crippen LogP contribution >= 0.6 is 11.6 Å². The Morgan fingerprint density at radius 2 is 1.71 bits per heavy atom. The van der Waals surface area contributed by atoms with Crippen LogP contribution in [0.5, 0.6) is 5.75 Å². The molecule has 3 heteroatoms. The first-order valence-electron chi connectivity index (χ1n) is 7.44. The Morgan fingerprint density at radius 3 is 2.43 bits per heavy atom. The highest BCUT2D eigenvalue weighted by molar-refractivity contribution is 6.32. The van der Waals surface area contributed by atoms with Crippen LogP contribution in [-0.4, -0.2) is 17.3 Å². The molecule has 0 radical (unpaired) electrons. The lowest BCUT2D eigenvalue weighted by Gasteiger charge is -2.28. The molecule has 0 saturated heterocycles.